The van der Waals surface area contributed by atoms with Crippen LogP contribution in [0.5, 0.6) is 0 Å². The third-order valence-electron chi connectivity index (χ3n) is 4.41. The number of nitrogens with two attached hydrogens (primary N) is 1. The van der Waals surface area contributed by atoms with Gasteiger partial charge in [0.15, 0.2) is 0 Å². The van der Waals surface area contributed by atoms with Gasteiger partial charge in [-0.2, -0.15) is 0 Å². The van der Waals surface area contributed by atoms with Crippen LogP contribution in [0.4, 0.5) is 10.7 Å². The highest BCUT2D eigenvalue weighted by molar-refractivity contribution is 8.00. The van der Waals surface area contributed by atoms with E-state index >= 15 is 0 Å². The summed E-state index contributed by atoms with van der Waals surface area (Å²) in [5.74, 6) is -0.585. The normalized spacial score (nSPS) is 11.7. The van der Waals surface area contributed by atoms with Crippen LogP contribution in [0.25, 0.3) is 11.1 Å². The Labute approximate surface area is 184 Å². The molecule has 0 aliphatic carbocycles. The lowest BCUT2D eigenvalue weighted by molar-refractivity contribution is -0.115. The summed E-state index contributed by atoms with van der Waals surface area (Å²) in [6.07, 6.45) is 0.645. The molecule has 1 amide bonds. The molecule has 0 radical (unpaired) electrons. The molecule has 0 saturated heterocycles. The number of hydrogen-bond donors (Lipinski definition) is 2. The van der Waals surface area contributed by atoms with Crippen molar-refractivity contribution in [1.29, 1.82) is 0 Å². The topological polar surface area (TPSA) is 81.4 Å². The molecule has 1 heterocycles. The van der Waals surface area contributed by atoms with Gasteiger partial charge < -0.3 is 15.8 Å². The van der Waals surface area contributed by atoms with Crippen LogP contribution in [0.1, 0.15) is 30.6 Å². The molecule has 0 aliphatic heterocycles. The number of nitrogen functional groups attached to an aromatic ring is 1. The van der Waals surface area contributed by atoms with Crippen molar-refractivity contribution in [3.8, 4) is 11.1 Å². The molecule has 0 saturated carbocycles. The molecular formula is C23H24N2O3S2. The molecule has 1 aromatic heterocycles. The van der Waals surface area contributed by atoms with Crippen molar-refractivity contribution in [2.45, 2.75) is 30.4 Å². The van der Waals surface area contributed by atoms with Crippen molar-refractivity contribution in [3.05, 3.63) is 65.5 Å². The van der Waals surface area contributed by atoms with Crippen LogP contribution in [0.2, 0.25) is 0 Å². The van der Waals surface area contributed by atoms with Gasteiger partial charge in [-0.25, -0.2) is 4.79 Å². The maximum atomic E-state index is 13.0. The van der Waals surface area contributed by atoms with Crippen LogP contribution in [-0.4, -0.2) is 23.7 Å². The maximum Gasteiger partial charge on any atom is 0.341 e. The summed E-state index contributed by atoms with van der Waals surface area (Å²) in [4.78, 5) is 26.6. The Balaban J connectivity index is 1.85. The number of anilines is 2. The zero-order chi connectivity index (χ0) is 21.5. The fourth-order valence-corrected chi connectivity index (χ4v) is 4.83. The van der Waals surface area contributed by atoms with Crippen molar-refractivity contribution in [3.63, 3.8) is 0 Å². The number of ether oxygens (including phenoxy) is 1. The van der Waals surface area contributed by atoms with E-state index in [0.29, 0.717) is 22.7 Å². The lowest BCUT2D eigenvalue weighted by Gasteiger charge is -2.15. The molecule has 0 spiro atoms. The van der Waals surface area contributed by atoms with E-state index in [9.17, 15) is 9.59 Å². The minimum atomic E-state index is -0.438. The molecule has 156 valence electrons. The summed E-state index contributed by atoms with van der Waals surface area (Å²) >= 11 is 2.80. The van der Waals surface area contributed by atoms with Crippen molar-refractivity contribution in [1.82, 2.24) is 0 Å². The zero-order valence-electron chi connectivity index (χ0n) is 16.9. The molecule has 30 heavy (non-hydrogen) atoms. The molecule has 3 aromatic rings. The highest BCUT2D eigenvalue weighted by atomic mass is 32.2. The second kappa shape index (κ2) is 10.3. The molecule has 5 nitrogen and oxygen atoms in total. The summed E-state index contributed by atoms with van der Waals surface area (Å²) in [5, 5.41) is 5.04. The third-order valence-corrected chi connectivity index (χ3v) is 6.69. The van der Waals surface area contributed by atoms with Gasteiger partial charge in [-0.3, -0.25) is 4.79 Å². The number of rotatable bonds is 8. The largest absolute Gasteiger partial charge is 0.462 e. The second-order valence-electron chi connectivity index (χ2n) is 6.51. The van der Waals surface area contributed by atoms with Gasteiger partial charge >= 0.3 is 5.97 Å². The minimum absolute atomic E-state index is 0.147. The van der Waals surface area contributed by atoms with Crippen LogP contribution >= 0.6 is 23.1 Å². The molecular weight excluding hydrogens is 416 g/mol. The number of thioether (sulfide) groups is 1. The van der Waals surface area contributed by atoms with E-state index in [1.54, 1.807) is 6.92 Å². The van der Waals surface area contributed by atoms with E-state index < -0.39 is 5.97 Å². The van der Waals surface area contributed by atoms with Crippen molar-refractivity contribution < 1.29 is 14.3 Å². The summed E-state index contributed by atoms with van der Waals surface area (Å²) < 4.78 is 5.26. The first kappa shape index (κ1) is 21.9. The van der Waals surface area contributed by atoms with Gasteiger partial charge in [0.05, 0.1) is 11.9 Å². The highest BCUT2D eigenvalue weighted by Gasteiger charge is 2.25. The molecule has 0 fully saturated rings. The molecule has 3 rings (SSSR count). The van der Waals surface area contributed by atoms with Crippen LogP contribution in [-0.2, 0) is 9.53 Å². The first-order valence-electron chi connectivity index (χ1n) is 9.70. The minimum Gasteiger partial charge on any atom is -0.462 e. The van der Waals surface area contributed by atoms with E-state index in [-0.39, 0.29) is 17.8 Å². The number of carbonyl (C=O) groups is 2. The average Bonchev–Trinajstić information content (AvgIpc) is 3.17. The number of esters is 1. The monoisotopic (exact) mass is 440 g/mol. The van der Waals surface area contributed by atoms with E-state index in [1.807, 2.05) is 66.9 Å². The van der Waals surface area contributed by atoms with Crippen LogP contribution in [0, 0.1) is 0 Å². The number of carbonyl (C=O) groups excluding carboxylic acids is 2. The Morgan fingerprint density at radius 1 is 1.10 bits per heavy atom. The summed E-state index contributed by atoms with van der Waals surface area (Å²) in [6.45, 7) is 3.99. The van der Waals surface area contributed by atoms with Gasteiger partial charge in [-0.1, -0.05) is 37.3 Å². The quantitative estimate of drug-likeness (QED) is 0.267. The van der Waals surface area contributed by atoms with Gasteiger partial charge in [0, 0.05) is 21.5 Å². The second-order valence-corrected chi connectivity index (χ2v) is 8.67. The number of benzene rings is 2. The first-order valence-corrected chi connectivity index (χ1v) is 11.5. The lowest BCUT2D eigenvalue weighted by atomic mass is 10.0. The maximum absolute atomic E-state index is 13.0. The van der Waals surface area contributed by atoms with Crippen LogP contribution < -0.4 is 11.1 Å². The molecule has 3 N–H and O–H groups in total. The van der Waals surface area contributed by atoms with Gasteiger partial charge in [0.25, 0.3) is 0 Å². The number of hydrogen-bond acceptors (Lipinski definition) is 6. The summed E-state index contributed by atoms with van der Waals surface area (Å²) in [7, 11) is 0. The lowest BCUT2D eigenvalue weighted by Crippen LogP contribution is -2.25. The predicted molar refractivity (Wildman–Crippen MR) is 125 cm³/mol. The van der Waals surface area contributed by atoms with Crippen LogP contribution in [0.15, 0.2) is 64.9 Å². The molecule has 2 aromatic carbocycles. The van der Waals surface area contributed by atoms with Gasteiger partial charge in [0.1, 0.15) is 10.6 Å². The number of amides is 1. The van der Waals surface area contributed by atoms with Crippen molar-refractivity contribution in [2.75, 3.05) is 17.7 Å². The van der Waals surface area contributed by atoms with Gasteiger partial charge in [0.2, 0.25) is 5.91 Å². The highest BCUT2D eigenvalue weighted by Crippen LogP contribution is 2.37. The summed E-state index contributed by atoms with van der Waals surface area (Å²) in [6, 6.07) is 17.0. The third kappa shape index (κ3) is 5.23. The number of thiophene rings is 1. The van der Waals surface area contributed by atoms with Gasteiger partial charge in [-0.05, 0) is 43.2 Å². The fraction of sp³-hybridized carbons (Fsp3) is 0.217. The molecule has 1 atom stereocenters. The van der Waals surface area contributed by atoms with E-state index in [1.165, 1.54) is 23.1 Å². The fourth-order valence-electron chi connectivity index (χ4n) is 2.91. The molecule has 0 aliphatic rings. The Hall–Kier alpha value is -2.77. The van der Waals surface area contributed by atoms with E-state index in [2.05, 4.69) is 5.32 Å². The molecule has 0 bridgehead atoms. The predicted octanol–water partition coefficient (Wildman–Crippen LogP) is 5.68. The smallest absolute Gasteiger partial charge is 0.341 e. The first-order chi connectivity index (χ1) is 14.5. The van der Waals surface area contributed by atoms with Crippen molar-refractivity contribution in [2.24, 2.45) is 0 Å². The molecule has 1 unspecified atom stereocenters. The SMILES string of the molecule is CCOC(=O)c1c(-c2ccccc2)csc1NC(=O)C(CC)Sc1ccc(N)cc1. The standard InChI is InChI=1S/C23H24N2O3S2/c1-3-19(30-17-12-10-16(24)11-13-17)21(26)25-22-20(23(27)28-4-2)18(14-29-22)15-8-6-5-7-9-15/h5-14,19H,3-4,24H2,1-2H3,(H,25,26). The Morgan fingerprint density at radius 3 is 2.43 bits per heavy atom. The zero-order valence-corrected chi connectivity index (χ0v) is 18.5. The Kier molecular flexibility index (Phi) is 7.54. The van der Waals surface area contributed by atoms with E-state index in [4.69, 9.17) is 10.5 Å². The summed E-state index contributed by atoms with van der Waals surface area (Å²) in [5.41, 5.74) is 8.48. The van der Waals surface area contributed by atoms with Gasteiger partial charge in [-0.15, -0.1) is 23.1 Å². The number of nitrogens with one attached hydrogen (secondary N) is 1. The molecule has 7 heteroatoms. The van der Waals surface area contributed by atoms with Crippen molar-refractivity contribution >= 4 is 45.7 Å². The van der Waals surface area contributed by atoms with E-state index in [0.717, 1.165) is 16.0 Å². The average molecular weight is 441 g/mol. The Bertz CT molecular complexity index is 1000. The Morgan fingerprint density at radius 2 is 1.80 bits per heavy atom. The van der Waals surface area contributed by atoms with Crippen LogP contribution in [0.3, 0.4) is 0 Å².